The van der Waals surface area contributed by atoms with Gasteiger partial charge in [0.15, 0.2) is 0 Å². The Kier molecular flexibility index (Phi) is 8.53. The van der Waals surface area contributed by atoms with Gasteiger partial charge in [-0.15, -0.1) is 0 Å². The fourth-order valence-electron chi connectivity index (χ4n) is 4.17. The number of hydrogen-bond acceptors (Lipinski definition) is 8. The quantitative estimate of drug-likeness (QED) is 0.336. The van der Waals surface area contributed by atoms with Crippen LogP contribution in [0, 0.1) is 18.3 Å². The standard InChI is InChI=1S/C29H26N4O5S/c1-17-9-4-6-11-21(17)32-24(34)16-39-28-20(15-30)26(23-13-8-14-38-23)25(18(2)31-28)27(35)33-22-12-7-5-10-19(22)29(36)37-3/h4-14,26,31H,16H2,1-3H3,(H,32,34)(H,33,35). The molecule has 1 unspecified atom stereocenters. The first-order valence-electron chi connectivity index (χ1n) is 12.0. The molecule has 1 aliphatic heterocycles. The number of anilines is 2. The number of rotatable bonds is 8. The highest BCUT2D eigenvalue weighted by Crippen LogP contribution is 2.41. The second kappa shape index (κ2) is 12.2. The Hall–Kier alpha value is -4.75. The van der Waals surface area contributed by atoms with E-state index < -0.39 is 17.8 Å². The lowest BCUT2D eigenvalue weighted by atomic mass is 9.85. The van der Waals surface area contributed by atoms with Crippen LogP contribution in [0.15, 0.2) is 93.2 Å². The number of furan rings is 1. The number of benzene rings is 2. The Morgan fingerprint density at radius 3 is 2.41 bits per heavy atom. The number of para-hydroxylation sites is 2. The third-order valence-electron chi connectivity index (χ3n) is 6.07. The molecule has 1 aliphatic rings. The Labute approximate surface area is 229 Å². The van der Waals surface area contributed by atoms with Crippen molar-refractivity contribution < 1.29 is 23.5 Å². The summed E-state index contributed by atoms with van der Waals surface area (Å²) in [5.74, 6) is -1.76. The van der Waals surface area contributed by atoms with Gasteiger partial charge >= 0.3 is 5.97 Å². The molecule has 9 nitrogen and oxygen atoms in total. The zero-order valence-corrected chi connectivity index (χ0v) is 22.3. The molecule has 1 aromatic heterocycles. The lowest BCUT2D eigenvalue weighted by molar-refractivity contribution is -0.114. The van der Waals surface area contributed by atoms with Gasteiger partial charge in [-0.2, -0.15) is 5.26 Å². The predicted molar refractivity (Wildman–Crippen MR) is 149 cm³/mol. The van der Waals surface area contributed by atoms with Gasteiger partial charge in [-0.05, 0) is 49.7 Å². The minimum atomic E-state index is -0.835. The highest BCUT2D eigenvalue weighted by molar-refractivity contribution is 8.03. The Morgan fingerprint density at radius 1 is 1.03 bits per heavy atom. The van der Waals surface area contributed by atoms with E-state index in [4.69, 9.17) is 9.15 Å². The Bertz CT molecular complexity index is 1520. The SMILES string of the molecule is COC(=O)c1ccccc1NC(=O)C1=C(C)NC(SCC(=O)Nc2ccccc2C)=C(C#N)C1c1ccco1. The minimum absolute atomic E-state index is 0.0358. The summed E-state index contributed by atoms with van der Waals surface area (Å²) >= 11 is 1.16. The summed E-state index contributed by atoms with van der Waals surface area (Å²) < 4.78 is 10.5. The smallest absolute Gasteiger partial charge is 0.339 e. The molecule has 0 saturated carbocycles. The number of hydrogen-bond donors (Lipinski definition) is 3. The summed E-state index contributed by atoms with van der Waals surface area (Å²) in [6.07, 6.45) is 1.46. The van der Waals surface area contributed by atoms with Crippen LogP contribution < -0.4 is 16.0 Å². The van der Waals surface area contributed by atoms with E-state index >= 15 is 0 Å². The summed E-state index contributed by atoms with van der Waals surface area (Å²) in [5, 5.41) is 19.4. The van der Waals surface area contributed by atoms with Gasteiger partial charge in [0.05, 0.1) is 58.5 Å². The highest BCUT2D eigenvalue weighted by atomic mass is 32.2. The molecule has 0 saturated heterocycles. The maximum Gasteiger partial charge on any atom is 0.339 e. The molecule has 0 radical (unpaired) electrons. The van der Waals surface area contributed by atoms with Crippen molar-refractivity contribution >= 4 is 40.9 Å². The number of nitriles is 1. The van der Waals surface area contributed by atoms with Gasteiger partial charge in [0.2, 0.25) is 5.91 Å². The average molecular weight is 543 g/mol. The van der Waals surface area contributed by atoms with Crippen molar-refractivity contribution in [2.75, 3.05) is 23.5 Å². The Balaban J connectivity index is 1.61. The fourth-order valence-corrected chi connectivity index (χ4v) is 5.07. The predicted octanol–water partition coefficient (Wildman–Crippen LogP) is 5.08. The second-order valence-electron chi connectivity index (χ2n) is 8.61. The molecule has 39 heavy (non-hydrogen) atoms. The molecule has 10 heteroatoms. The van der Waals surface area contributed by atoms with Crippen LogP contribution in [0.25, 0.3) is 0 Å². The lowest BCUT2D eigenvalue weighted by Crippen LogP contribution is -2.31. The van der Waals surface area contributed by atoms with Gasteiger partial charge < -0.3 is 25.1 Å². The zero-order valence-electron chi connectivity index (χ0n) is 21.5. The molecule has 0 bridgehead atoms. The fraction of sp³-hybridized carbons (Fsp3) is 0.172. The minimum Gasteiger partial charge on any atom is -0.468 e. The van der Waals surface area contributed by atoms with Crippen LogP contribution in [0.2, 0.25) is 0 Å². The number of amides is 2. The maximum absolute atomic E-state index is 13.6. The van der Waals surface area contributed by atoms with E-state index in [9.17, 15) is 19.6 Å². The number of thioether (sulfide) groups is 1. The van der Waals surface area contributed by atoms with Gasteiger partial charge in [-0.25, -0.2) is 4.79 Å². The third-order valence-corrected chi connectivity index (χ3v) is 7.08. The lowest BCUT2D eigenvalue weighted by Gasteiger charge is -2.28. The molecule has 0 fully saturated rings. The number of nitrogens with zero attached hydrogens (tertiary/aromatic N) is 1. The number of allylic oxidation sites excluding steroid dienone is 2. The molecular weight excluding hydrogens is 516 g/mol. The van der Waals surface area contributed by atoms with Gasteiger partial charge in [-0.1, -0.05) is 42.1 Å². The normalized spacial score (nSPS) is 14.8. The number of carbonyl (C=O) groups excluding carboxylic acids is 3. The molecule has 2 heterocycles. The van der Waals surface area contributed by atoms with Crippen molar-refractivity contribution in [3.63, 3.8) is 0 Å². The number of nitrogens with one attached hydrogen (secondary N) is 3. The molecule has 0 spiro atoms. The number of esters is 1. The van der Waals surface area contributed by atoms with Gasteiger partial charge in [0.25, 0.3) is 5.91 Å². The van der Waals surface area contributed by atoms with Crippen LogP contribution in [0.3, 0.4) is 0 Å². The van der Waals surface area contributed by atoms with E-state index in [0.717, 1.165) is 17.3 Å². The Morgan fingerprint density at radius 2 is 1.74 bits per heavy atom. The number of methoxy groups -OCH3 is 1. The van der Waals surface area contributed by atoms with E-state index in [0.29, 0.717) is 22.2 Å². The second-order valence-corrected chi connectivity index (χ2v) is 9.60. The van der Waals surface area contributed by atoms with E-state index in [1.807, 2.05) is 31.2 Å². The summed E-state index contributed by atoms with van der Waals surface area (Å²) in [5.41, 5.74) is 3.06. The van der Waals surface area contributed by atoms with E-state index in [2.05, 4.69) is 22.0 Å². The highest BCUT2D eigenvalue weighted by Gasteiger charge is 2.37. The first-order chi connectivity index (χ1) is 18.8. The van der Waals surface area contributed by atoms with Crippen molar-refractivity contribution in [1.29, 1.82) is 5.26 Å². The van der Waals surface area contributed by atoms with Crippen LogP contribution in [-0.2, 0) is 14.3 Å². The molecule has 198 valence electrons. The van der Waals surface area contributed by atoms with Crippen molar-refractivity contribution in [3.05, 3.63) is 106 Å². The molecule has 1 atom stereocenters. The maximum atomic E-state index is 13.6. The number of ether oxygens (including phenoxy) is 1. The van der Waals surface area contributed by atoms with Gasteiger partial charge in [0, 0.05) is 11.4 Å². The van der Waals surface area contributed by atoms with E-state index in [-0.39, 0.29) is 34.1 Å². The molecule has 3 N–H and O–H groups in total. The van der Waals surface area contributed by atoms with Gasteiger partial charge in [-0.3, -0.25) is 9.59 Å². The van der Waals surface area contributed by atoms with E-state index in [1.54, 1.807) is 43.3 Å². The summed E-state index contributed by atoms with van der Waals surface area (Å²) in [6, 6.07) is 19.5. The van der Waals surface area contributed by atoms with Crippen LogP contribution >= 0.6 is 11.8 Å². The van der Waals surface area contributed by atoms with Gasteiger partial charge in [0.1, 0.15) is 5.76 Å². The van der Waals surface area contributed by atoms with Crippen LogP contribution in [-0.4, -0.2) is 30.6 Å². The molecule has 3 aromatic rings. The summed E-state index contributed by atoms with van der Waals surface area (Å²) in [6.45, 7) is 3.61. The summed E-state index contributed by atoms with van der Waals surface area (Å²) in [4.78, 5) is 38.5. The molecular formula is C29H26N4O5S. The number of aryl methyl sites for hydroxylation is 1. The van der Waals surface area contributed by atoms with Crippen molar-refractivity contribution in [1.82, 2.24) is 5.32 Å². The first kappa shape index (κ1) is 27.3. The molecule has 2 amide bonds. The number of dihydropyridines is 1. The third kappa shape index (κ3) is 6.05. The summed E-state index contributed by atoms with van der Waals surface area (Å²) in [7, 11) is 1.26. The van der Waals surface area contributed by atoms with Crippen LogP contribution in [0.4, 0.5) is 11.4 Å². The van der Waals surface area contributed by atoms with E-state index in [1.165, 1.54) is 13.4 Å². The van der Waals surface area contributed by atoms with Crippen molar-refractivity contribution in [2.45, 2.75) is 19.8 Å². The average Bonchev–Trinajstić information content (AvgIpc) is 3.47. The largest absolute Gasteiger partial charge is 0.468 e. The monoisotopic (exact) mass is 542 g/mol. The van der Waals surface area contributed by atoms with Crippen molar-refractivity contribution in [3.8, 4) is 6.07 Å². The molecule has 2 aromatic carbocycles. The van der Waals surface area contributed by atoms with Crippen LogP contribution in [0.5, 0.6) is 0 Å². The zero-order chi connectivity index (χ0) is 27.9. The topological polar surface area (TPSA) is 133 Å². The van der Waals surface area contributed by atoms with Crippen LogP contribution in [0.1, 0.15) is 34.5 Å². The molecule has 0 aliphatic carbocycles. The molecule has 4 rings (SSSR count). The number of carbonyl (C=O) groups is 3. The van der Waals surface area contributed by atoms with Crippen molar-refractivity contribution in [2.24, 2.45) is 0 Å². The first-order valence-corrected chi connectivity index (χ1v) is 12.9.